The van der Waals surface area contributed by atoms with Crippen molar-refractivity contribution in [3.05, 3.63) is 240 Å². The zero-order valence-electron chi connectivity index (χ0n) is 83.7. The van der Waals surface area contributed by atoms with Crippen LogP contribution in [0, 0.1) is 0 Å². The number of hydrogen-bond acceptors (Lipinski definition) is 4. The molecule has 85 heavy (non-hydrogen) atoms. The number of nitrogens with zero attached hydrogens (tertiary/aromatic N) is 5. The standard InChI is InChI=1S/C78H64BN5S/c1-76(2,3)47-35-40-64-57(41-47)55-26-18-29-65-73(55)83(64)66-30-20-28-61-74(66)84(65)70-46-53(80(50-21-12-10-13-22-50)51-23-14-11-15-24-51)45-69-72(70)79(61)60-37-36-52(44-68(60)82(69)67-31-19-27-56-54-25-16-17-32-71(54)85-75(56)67)81-62-38-33-48(77(4,5)6)42-58(62)59-43-49(78(7,8)9)34-39-63(59)81/h10-46H,1-9H3/i10D,11D,12D,13D,14D,15D,16D,17D,18D,19D,20D,21D,22D,23D,24D,25D,26D,27D,28D,29D,30D,31D,32D,33D,34D,35D,36D,37D,38D,39D,40D,41D,42D,43D,44D,45D,46D. The summed E-state index contributed by atoms with van der Waals surface area (Å²) in [4.78, 5) is 2.14. The van der Waals surface area contributed by atoms with Crippen molar-refractivity contribution in [2.24, 2.45) is 0 Å². The molecule has 0 saturated carbocycles. The molecule has 0 amide bonds. The van der Waals surface area contributed by atoms with Gasteiger partial charge in [0.05, 0.1) is 106 Å². The van der Waals surface area contributed by atoms with Gasteiger partial charge in [-0.1, -0.05) is 177 Å². The Morgan fingerprint density at radius 1 is 0.376 bits per heavy atom. The van der Waals surface area contributed by atoms with E-state index in [2.05, 4.69) is 0 Å². The van der Waals surface area contributed by atoms with Crippen molar-refractivity contribution >= 4 is 149 Å². The molecule has 0 radical (unpaired) electrons. The monoisotopic (exact) mass is 1150 g/mol. The van der Waals surface area contributed by atoms with Crippen LogP contribution in [0.5, 0.6) is 0 Å². The Balaban J connectivity index is 1.22. The van der Waals surface area contributed by atoms with Gasteiger partial charge in [-0.2, -0.15) is 0 Å². The van der Waals surface area contributed by atoms with E-state index < -0.39 is 368 Å². The van der Waals surface area contributed by atoms with Gasteiger partial charge in [-0.05, 0) is 158 Å². The van der Waals surface area contributed by atoms with Crippen molar-refractivity contribution in [2.75, 3.05) is 14.7 Å². The first-order valence-electron chi connectivity index (χ1n) is 45.6. The van der Waals surface area contributed by atoms with Gasteiger partial charge in [0.15, 0.2) is 0 Å². The first-order valence-corrected chi connectivity index (χ1v) is 27.9. The fourth-order valence-corrected chi connectivity index (χ4v) is 12.8. The van der Waals surface area contributed by atoms with E-state index in [1.165, 1.54) is 0 Å². The van der Waals surface area contributed by atoms with Crippen LogP contribution in [0.25, 0.3) is 75.2 Å². The van der Waals surface area contributed by atoms with E-state index in [1.807, 2.05) is 0 Å². The molecule has 0 bridgehead atoms. The van der Waals surface area contributed by atoms with Gasteiger partial charge in [0.25, 0.3) is 6.71 Å². The molecule has 3 aromatic heterocycles. The second kappa shape index (κ2) is 17.6. The highest BCUT2D eigenvalue weighted by molar-refractivity contribution is 7.26. The normalized spacial score (nSPS) is 19.7. The van der Waals surface area contributed by atoms with Crippen LogP contribution >= 0.6 is 11.3 Å². The van der Waals surface area contributed by atoms with Crippen LogP contribution in [0.2, 0.25) is 0 Å². The fraction of sp³-hybridized carbons (Fsp3) is 0.154. The molecule has 0 saturated heterocycles. The minimum Gasteiger partial charge on any atom is -0.310 e. The lowest BCUT2D eigenvalue weighted by molar-refractivity contribution is 0.590. The van der Waals surface area contributed by atoms with Gasteiger partial charge < -0.3 is 23.8 Å². The molecule has 3 aliphatic heterocycles. The minimum absolute atomic E-state index is 0.0698. The van der Waals surface area contributed by atoms with Crippen LogP contribution in [0.4, 0.5) is 51.2 Å². The average molecular weight is 1150 g/mol. The Morgan fingerprint density at radius 2 is 0.894 bits per heavy atom. The number of benzene rings is 11. The second-order valence-electron chi connectivity index (χ2n) is 24.1. The molecule has 5 nitrogen and oxygen atoms in total. The Kier molecular flexibility index (Phi) is 5.29. The van der Waals surface area contributed by atoms with Gasteiger partial charge in [0.1, 0.15) is 0 Å². The Morgan fingerprint density at radius 3 is 1.52 bits per heavy atom. The first kappa shape index (κ1) is 25.5. The van der Waals surface area contributed by atoms with Crippen LogP contribution in [-0.4, -0.2) is 15.8 Å². The van der Waals surface area contributed by atoms with E-state index in [0.717, 1.165) is 18.9 Å². The van der Waals surface area contributed by atoms with Crippen LogP contribution in [-0.2, 0) is 16.2 Å². The Hall–Kier alpha value is -9.30. The average Bonchev–Trinajstić information content (AvgIpc) is 1.24. The lowest BCUT2D eigenvalue weighted by Gasteiger charge is -2.46. The topological polar surface area (TPSA) is 19.6 Å². The number of para-hydroxylation sites is 4. The number of rotatable bonds is 5. The third kappa shape index (κ3) is 7.23. The maximum Gasteiger partial charge on any atom is 0.252 e. The van der Waals surface area contributed by atoms with Crippen molar-refractivity contribution in [3.8, 4) is 11.4 Å². The maximum absolute atomic E-state index is 11.6. The summed E-state index contributed by atoms with van der Waals surface area (Å²) in [5, 5.41) is -2.42. The molecule has 410 valence electrons. The largest absolute Gasteiger partial charge is 0.310 e. The molecule has 0 N–H and O–H groups in total. The van der Waals surface area contributed by atoms with Gasteiger partial charge in [-0.25, -0.2) is 0 Å². The lowest BCUT2D eigenvalue weighted by atomic mass is 9.33. The van der Waals surface area contributed by atoms with Crippen molar-refractivity contribution < 1.29 is 50.7 Å². The van der Waals surface area contributed by atoms with Crippen LogP contribution in [0.3, 0.4) is 0 Å². The van der Waals surface area contributed by atoms with Crippen LogP contribution in [0.15, 0.2) is 224 Å². The van der Waals surface area contributed by atoms with Crippen molar-refractivity contribution in [1.82, 2.24) is 9.13 Å². The third-order valence-electron chi connectivity index (χ3n) is 15.7. The molecule has 0 spiro atoms. The van der Waals surface area contributed by atoms with Gasteiger partial charge in [-0.3, -0.25) is 0 Å². The molecule has 0 unspecified atom stereocenters. The van der Waals surface area contributed by atoms with Crippen molar-refractivity contribution in [3.63, 3.8) is 0 Å². The summed E-state index contributed by atoms with van der Waals surface area (Å²) in [5.41, 5.74) is -18.1. The molecule has 3 aliphatic rings. The molecular formula is C78H64BN5S. The zero-order chi connectivity index (χ0) is 89.8. The molecule has 0 atom stereocenters. The summed E-state index contributed by atoms with van der Waals surface area (Å²) in [7, 11) is 0. The Bertz CT molecular complexity index is 7230. The zero-order valence-corrected chi connectivity index (χ0v) is 47.5. The molecule has 17 rings (SSSR count). The summed E-state index contributed by atoms with van der Waals surface area (Å²) in [6.07, 6.45) is 0. The SMILES string of the molecule is [2H]c1c([2H])c([2H])c(N(c2c([2H])c([2H])c([2H])c([2H])c2[2H])c2c([2H])c3c4c(c2[2H])N2c5c(c([2H])c([2H])c([2H])c5-n5c6c([2H])c([2H])c(C(C)(C)C)c([2H])c6c6c([2H])c([2H])c([2H])c2c65)B4c2c([2H])c([2H])c(-n4c5c([2H])c([2H])c(C(C)(C)C)c([2H])c5c5c([2H])c(C(C)(C)C)c([2H])c([2H])c54)c([2H])c2N3c2c([2H])c([2H])c([2H])c3c2sc2c([2H])c([2H])c([2H])c([2H])c23)c([2H])c1[2H]. The molecular weight excluding hydrogens is 1050 g/mol. The lowest BCUT2D eigenvalue weighted by Crippen LogP contribution is -2.61. The highest BCUT2D eigenvalue weighted by atomic mass is 32.1. The van der Waals surface area contributed by atoms with E-state index in [0.29, 0.717) is 16.2 Å². The number of fused-ring (bicyclic) bond motifs is 15. The smallest absolute Gasteiger partial charge is 0.252 e. The van der Waals surface area contributed by atoms with Gasteiger partial charge in [-0.15, -0.1) is 11.3 Å². The molecule has 0 fully saturated rings. The van der Waals surface area contributed by atoms with Crippen LogP contribution in [0.1, 0.15) is 130 Å². The summed E-state index contributed by atoms with van der Waals surface area (Å²) in [6, 6.07) is -35.6. The highest BCUT2D eigenvalue weighted by Crippen LogP contribution is 2.55. The molecule has 6 heterocycles. The molecule has 0 aliphatic carbocycles. The summed E-state index contributed by atoms with van der Waals surface area (Å²) in [6.45, 7) is 12.4. The Labute approximate surface area is 553 Å². The number of aromatic nitrogens is 2. The fourth-order valence-electron chi connectivity index (χ4n) is 11.7. The second-order valence-corrected chi connectivity index (χ2v) is 25.1. The van der Waals surface area contributed by atoms with E-state index >= 15 is 0 Å². The first-order chi connectivity index (χ1) is 56.5. The van der Waals surface area contributed by atoms with Gasteiger partial charge in [0.2, 0.25) is 0 Å². The molecule has 7 heteroatoms. The van der Waals surface area contributed by atoms with Crippen molar-refractivity contribution in [2.45, 2.75) is 78.6 Å². The van der Waals surface area contributed by atoms with Gasteiger partial charge >= 0.3 is 0 Å². The highest BCUT2D eigenvalue weighted by Gasteiger charge is 2.47. The third-order valence-corrected chi connectivity index (χ3v) is 16.8. The predicted octanol–water partition coefficient (Wildman–Crippen LogP) is 20.0. The van der Waals surface area contributed by atoms with Crippen molar-refractivity contribution in [1.29, 1.82) is 0 Å². The minimum atomic E-state index is -2.34. The van der Waals surface area contributed by atoms with E-state index in [9.17, 15) is 45.2 Å². The maximum atomic E-state index is 11.6. The summed E-state index contributed by atoms with van der Waals surface area (Å²) in [5.74, 6) is 0. The van der Waals surface area contributed by atoms with Crippen LogP contribution < -0.4 is 31.1 Å². The van der Waals surface area contributed by atoms with Gasteiger partial charge in [0, 0.05) is 71.1 Å². The number of anilines is 9. The summed E-state index contributed by atoms with van der Waals surface area (Å²) >= 11 is 0.452. The quantitative estimate of drug-likeness (QED) is 0.160. The summed E-state index contributed by atoms with van der Waals surface area (Å²) < 4.78 is 371. The molecule has 14 aromatic rings. The van der Waals surface area contributed by atoms with E-state index in [-0.39, 0.29) is 37.5 Å². The van der Waals surface area contributed by atoms with E-state index in [1.54, 1.807) is 62.3 Å². The number of thiophene rings is 1. The number of hydrogen-bond donors (Lipinski definition) is 0. The molecule has 11 aromatic carbocycles. The predicted molar refractivity (Wildman–Crippen MR) is 366 cm³/mol. The van der Waals surface area contributed by atoms with E-state index in [4.69, 9.17) is 5.48 Å².